The average Bonchev–Trinajstić information content (AvgIpc) is 2.33. The predicted octanol–water partition coefficient (Wildman–Crippen LogP) is 2.03. The molecule has 0 saturated heterocycles. The number of allylic oxidation sites excluding steroid dienone is 1. The largest absolute Gasteiger partial charge is 0.0873 e. The molecular formula is C8H8S. The number of rotatable bonds is 0. The lowest BCUT2D eigenvalue weighted by molar-refractivity contribution is 0.620. The molecule has 9 heavy (non-hydrogen) atoms. The first-order chi connectivity index (χ1) is 4.47. The van der Waals surface area contributed by atoms with Crippen molar-refractivity contribution < 1.29 is 0 Å². The van der Waals surface area contributed by atoms with Crippen LogP contribution in [0.5, 0.6) is 0 Å². The Balaban J connectivity index is 2.19. The Morgan fingerprint density at radius 3 is 3.44 bits per heavy atom. The minimum atomic E-state index is 0.679. The normalized spacial score (nSPS) is 37.3. The molecule has 0 fully saturated rings. The maximum atomic E-state index is 3.22. The molecule has 0 aromatic heterocycles. The van der Waals surface area contributed by atoms with Gasteiger partial charge in [0.15, 0.2) is 0 Å². The molecule has 46 valence electrons. The molecule has 1 heterocycles. The number of hydrogen-bond donors (Lipinski definition) is 0. The van der Waals surface area contributed by atoms with Crippen LogP contribution < -0.4 is 0 Å². The fourth-order valence-electron chi connectivity index (χ4n) is 1.26. The lowest BCUT2D eigenvalue weighted by Gasteiger charge is -2.15. The van der Waals surface area contributed by atoms with E-state index in [1.807, 2.05) is 0 Å². The van der Waals surface area contributed by atoms with E-state index in [2.05, 4.69) is 23.3 Å². The van der Waals surface area contributed by atoms with E-state index in [1.54, 1.807) is 11.8 Å². The number of thioether (sulfide) groups is 1. The van der Waals surface area contributed by atoms with E-state index in [9.17, 15) is 0 Å². The summed E-state index contributed by atoms with van der Waals surface area (Å²) in [5.74, 6) is 3.90. The molecular weight excluding hydrogens is 128 g/mol. The molecule has 0 N–H and O–H groups in total. The van der Waals surface area contributed by atoms with E-state index in [4.69, 9.17) is 0 Å². The summed E-state index contributed by atoms with van der Waals surface area (Å²) in [5.41, 5.74) is 0. The Hall–Kier alpha value is -0.350. The second-order valence-corrected chi connectivity index (χ2v) is 3.43. The topological polar surface area (TPSA) is 0 Å². The first-order valence-corrected chi connectivity index (χ1v) is 4.17. The molecule has 1 heteroatoms. The smallest absolute Gasteiger partial charge is 0.0489 e. The molecule has 2 atom stereocenters. The van der Waals surface area contributed by atoms with Crippen LogP contribution in [0.25, 0.3) is 0 Å². The maximum Gasteiger partial charge on any atom is 0.0489 e. The minimum Gasteiger partial charge on any atom is -0.0873 e. The molecule has 0 amide bonds. The summed E-state index contributed by atoms with van der Waals surface area (Å²) in [7, 11) is 0. The Morgan fingerprint density at radius 1 is 1.56 bits per heavy atom. The summed E-state index contributed by atoms with van der Waals surface area (Å²) < 4.78 is 0. The van der Waals surface area contributed by atoms with E-state index < -0.39 is 0 Å². The average molecular weight is 136 g/mol. The molecule has 2 rings (SSSR count). The second-order valence-electron chi connectivity index (χ2n) is 2.44. The van der Waals surface area contributed by atoms with Crippen LogP contribution in [0.15, 0.2) is 12.2 Å². The zero-order chi connectivity index (χ0) is 6.10. The Morgan fingerprint density at radius 2 is 2.56 bits per heavy atom. The summed E-state index contributed by atoms with van der Waals surface area (Å²) in [4.78, 5) is 0. The van der Waals surface area contributed by atoms with Crippen molar-refractivity contribution in [2.24, 2.45) is 5.92 Å². The van der Waals surface area contributed by atoms with Crippen molar-refractivity contribution >= 4 is 11.8 Å². The quantitative estimate of drug-likeness (QED) is 0.362. The van der Waals surface area contributed by atoms with Gasteiger partial charge in [-0.25, -0.2) is 0 Å². The molecule has 0 saturated carbocycles. The van der Waals surface area contributed by atoms with Crippen molar-refractivity contribution in [3.63, 3.8) is 0 Å². The van der Waals surface area contributed by atoms with Crippen LogP contribution in [-0.2, 0) is 0 Å². The summed E-state index contributed by atoms with van der Waals surface area (Å²) in [6, 6.07) is 0. The fourth-order valence-corrected chi connectivity index (χ4v) is 2.17. The summed E-state index contributed by atoms with van der Waals surface area (Å²) in [6.07, 6.45) is 7.06. The van der Waals surface area contributed by atoms with Gasteiger partial charge in [-0.15, -0.1) is 0 Å². The van der Waals surface area contributed by atoms with Gasteiger partial charge >= 0.3 is 0 Å². The molecule has 0 radical (unpaired) electrons. The molecule has 1 aliphatic heterocycles. The first-order valence-electron chi connectivity index (χ1n) is 3.29. The monoisotopic (exact) mass is 136 g/mol. The van der Waals surface area contributed by atoms with Gasteiger partial charge < -0.3 is 0 Å². The van der Waals surface area contributed by atoms with E-state index in [0.717, 1.165) is 0 Å². The third-order valence-corrected chi connectivity index (χ3v) is 2.80. The van der Waals surface area contributed by atoms with E-state index in [1.165, 1.54) is 12.8 Å². The van der Waals surface area contributed by atoms with Crippen LogP contribution in [-0.4, -0.2) is 5.25 Å². The molecule has 2 unspecified atom stereocenters. The van der Waals surface area contributed by atoms with Crippen molar-refractivity contribution in [2.75, 3.05) is 0 Å². The zero-order valence-corrected chi connectivity index (χ0v) is 5.95. The number of hydrogen-bond acceptors (Lipinski definition) is 1. The van der Waals surface area contributed by atoms with Gasteiger partial charge in [0, 0.05) is 11.2 Å². The van der Waals surface area contributed by atoms with Crippen molar-refractivity contribution in [1.29, 1.82) is 0 Å². The Kier molecular flexibility index (Phi) is 1.28. The van der Waals surface area contributed by atoms with Crippen LogP contribution in [0.1, 0.15) is 12.8 Å². The Labute approximate surface area is 59.7 Å². The van der Waals surface area contributed by atoms with Crippen molar-refractivity contribution in [1.82, 2.24) is 0 Å². The summed E-state index contributed by atoms with van der Waals surface area (Å²) in [6.45, 7) is 0. The molecule has 2 aliphatic rings. The predicted molar refractivity (Wildman–Crippen MR) is 41.0 cm³/mol. The van der Waals surface area contributed by atoms with Gasteiger partial charge in [-0.3, -0.25) is 0 Å². The second kappa shape index (κ2) is 2.11. The molecule has 0 nitrogen and oxygen atoms in total. The van der Waals surface area contributed by atoms with Gasteiger partial charge in [0.05, 0.1) is 0 Å². The standard InChI is InChI=1S/C8H8S/c1-2-4-8-7(3-1)5-6-9-8/h2,4,7-8H,1,3H2. The highest BCUT2D eigenvalue weighted by atomic mass is 32.2. The third kappa shape index (κ3) is 0.881. The lowest BCUT2D eigenvalue weighted by Crippen LogP contribution is -2.12. The van der Waals surface area contributed by atoms with E-state index >= 15 is 0 Å². The van der Waals surface area contributed by atoms with E-state index in [0.29, 0.717) is 11.2 Å². The summed E-state index contributed by atoms with van der Waals surface area (Å²) in [5, 5.41) is 3.76. The van der Waals surface area contributed by atoms with Crippen LogP contribution >= 0.6 is 11.8 Å². The maximum absolute atomic E-state index is 3.22. The first kappa shape index (κ1) is 5.44. The molecule has 0 aromatic rings. The number of fused-ring (bicyclic) bond motifs is 1. The highest BCUT2D eigenvalue weighted by molar-refractivity contribution is 8.04. The van der Waals surface area contributed by atoms with Gasteiger partial charge in [-0.1, -0.05) is 29.8 Å². The van der Waals surface area contributed by atoms with Gasteiger partial charge in [0.25, 0.3) is 0 Å². The highest BCUT2D eigenvalue weighted by Gasteiger charge is 2.22. The molecule has 0 aromatic carbocycles. The zero-order valence-electron chi connectivity index (χ0n) is 5.13. The van der Waals surface area contributed by atoms with Crippen molar-refractivity contribution in [3.05, 3.63) is 12.2 Å². The lowest BCUT2D eigenvalue weighted by atomic mass is 9.95. The molecule has 0 spiro atoms. The minimum absolute atomic E-state index is 0.679. The van der Waals surface area contributed by atoms with E-state index in [-0.39, 0.29) is 0 Å². The summed E-state index contributed by atoms with van der Waals surface area (Å²) >= 11 is 1.78. The van der Waals surface area contributed by atoms with Gasteiger partial charge in [-0.05, 0) is 18.1 Å². The Bertz CT molecular complexity index is 194. The SMILES string of the molecule is C1#CC2CCC=CC2S1. The highest BCUT2D eigenvalue weighted by Crippen LogP contribution is 2.31. The van der Waals surface area contributed by atoms with Crippen LogP contribution in [0.4, 0.5) is 0 Å². The van der Waals surface area contributed by atoms with Crippen molar-refractivity contribution in [2.45, 2.75) is 18.1 Å². The van der Waals surface area contributed by atoms with Gasteiger partial charge in [0.1, 0.15) is 0 Å². The third-order valence-electron chi connectivity index (χ3n) is 1.81. The fraction of sp³-hybridized carbons (Fsp3) is 0.500. The van der Waals surface area contributed by atoms with Gasteiger partial charge in [-0.2, -0.15) is 0 Å². The van der Waals surface area contributed by atoms with Gasteiger partial charge in [0.2, 0.25) is 0 Å². The van der Waals surface area contributed by atoms with Crippen molar-refractivity contribution in [3.8, 4) is 11.2 Å². The molecule has 1 aliphatic carbocycles. The van der Waals surface area contributed by atoms with Crippen LogP contribution in [0.2, 0.25) is 0 Å². The van der Waals surface area contributed by atoms with Crippen LogP contribution in [0.3, 0.4) is 0 Å². The van der Waals surface area contributed by atoms with Crippen LogP contribution in [0, 0.1) is 17.1 Å². The molecule has 0 bridgehead atoms.